The van der Waals surface area contributed by atoms with Crippen LogP contribution in [0.25, 0.3) is 16.2 Å². The van der Waals surface area contributed by atoms with Crippen molar-refractivity contribution in [2.24, 2.45) is 0 Å². The largest absolute Gasteiger partial charge is 0.288 e. The van der Waals surface area contributed by atoms with Crippen LogP contribution in [0.15, 0.2) is 23.6 Å². The van der Waals surface area contributed by atoms with Crippen LogP contribution in [0.5, 0.6) is 0 Å². The molecule has 0 unspecified atom stereocenters. The van der Waals surface area contributed by atoms with Crippen molar-refractivity contribution in [3.8, 4) is 11.4 Å². The molecule has 74 valence electrons. The molecule has 0 spiro atoms. The molecular weight excluding hydrogens is 210 g/mol. The molecule has 2 heterocycles. The van der Waals surface area contributed by atoms with Crippen molar-refractivity contribution < 1.29 is 0 Å². The van der Waals surface area contributed by atoms with E-state index in [9.17, 15) is 0 Å². The van der Waals surface area contributed by atoms with Gasteiger partial charge in [0.05, 0.1) is 24.2 Å². The summed E-state index contributed by atoms with van der Waals surface area (Å²) >= 11 is 1.46. The number of H-pyrrole nitrogens is 1. The highest BCUT2D eigenvalue weighted by atomic mass is 32.2. The van der Waals surface area contributed by atoms with Crippen molar-refractivity contribution in [3.05, 3.63) is 29.9 Å². The lowest BCUT2D eigenvalue weighted by Crippen LogP contribution is -1.89. The van der Waals surface area contributed by atoms with Crippen LogP contribution in [0.3, 0.4) is 0 Å². The van der Waals surface area contributed by atoms with E-state index >= 15 is 0 Å². The number of hydrogen-bond donors (Lipinski definition) is 1. The second-order valence-corrected chi connectivity index (χ2v) is 3.44. The number of nitrogens with one attached hydrogen (secondary N) is 1. The summed E-state index contributed by atoms with van der Waals surface area (Å²) in [6.45, 7) is 6.97. The first kappa shape index (κ1) is 9.68. The van der Waals surface area contributed by atoms with Crippen LogP contribution in [-0.2, 0) is 0 Å². The number of nitrogens with zero attached hydrogens (tertiary/aromatic N) is 4. The number of thioether (sulfide) groups is 1. The molecule has 2 aromatic heterocycles. The first-order valence-corrected chi connectivity index (χ1v) is 5.36. The monoisotopic (exact) mass is 217 g/mol. The second-order valence-electron chi connectivity index (χ2n) is 2.67. The molecular formula is C9H7N5S. The Kier molecular flexibility index (Phi) is 2.65. The summed E-state index contributed by atoms with van der Waals surface area (Å²) in [5.74, 6) is 0. The molecule has 0 aliphatic rings. The van der Waals surface area contributed by atoms with Gasteiger partial charge in [0, 0.05) is 6.20 Å². The number of hydrogen-bond acceptors (Lipinski definition) is 4. The SMILES string of the molecule is [C-]#[N+]c1cn[nH]c1-c1ccnc(SC)n1. The Hall–Kier alpha value is -1.87. The molecule has 0 aliphatic carbocycles. The number of aromatic amines is 1. The summed E-state index contributed by atoms with van der Waals surface area (Å²) in [5, 5.41) is 7.26. The zero-order valence-electron chi connectivity index (χ0n) is 7.93. The standard InChI is InChI=1S/C9H7N5S/c1-10-7-5-12-14-8(7)6-3-4-11-9(13-6)15-2/h3-5H,2H3,(H,12,14). The van der Waals surface area contributed by atoms with Gasteiger partial charge in [-0.25, -0.2) is 14.8 Å². The van der Waals surface area contributed by atoms with Crippen molar-refractivity contribution in [3.63, 3.8) is 0 Å². The van der Waals surface area contributed by atoms with E-state index in [0.717, 1.165) is 0 Å². The van der Waals surface area contributed by atoms with Gasteiger partial charge in [-0.2, -0.15) is 5.10 Å². The topological polar surface area (TPSA) is 58.8 Å². The van der Waals surface area contributed by atoms with E-state index in [4.69, 9.17) is 6.57 Å². The molecule has 5 nitrogen and oxygen atoms in total. The average molecular weight is 217 g/mol. The fraction of sp³-hybridized carbons (Fsp3) is 0.111. The Bertz CT molecular complexity index is 513. The molecule has 0 bridgehead atoms. The van der Waals surface area contributed by atoms with Crippen LogP contribution in [0.2, 0.25) is 0 Å². The molecule has 2 rings (SSSR count). The fourth-order valence-electron chi connectivity index (χ4n) is 1.13. The van der Waals surface area contributed by atoms with Crippen LogP contribution >= 0.6 is 11.8 Å². The minimum absolute atomic E-state index is 0.473. The molecule has 6 heteroatoms. The smallest absolute Gasteiger partial charge is 0.233 e. The molecule has 0 radical (unpaired) electrons. The van der Waals surface area contributed by atoms with Gasteiger partial charge in [0.15, 0.2) is 5.16 Å². The van der Waals surface area contributed by atoms with Crippen LogP contribution < -0.4 is 0 Å². The lowest BCUT2D eigenvalue weighted by molar-refractivity contribution is 0.966. The quantitative estimate of drug-likeness (QED) is 0.475. The molecule has 2 aromatic rings. The van der Waals surface area contributed by atoms with E-state index in [1.807, 2.05) is 6.26 Å². The molecule has 0 saturated heterocycles. The highest BCUT2D eigenvalue weighted by Crippen LogP contribution is 2.26. The average Bonchev–Trinajstić information content (AvgIpc) is 2.77. The molecule has 0 atom stereocenters. The third-order valence-corrected chi connectivity index (χ3v) is 2.37. The van der Waals surface area contributed by atoms with Crippen LogP contribution in [0.1, 0.15) is 0 Å². The third-order valence-electron chi connectivity index (χ3n) is 1.81. The fourth-order valence-corrected chi connectivity index (χ4v) is 1.49. The first-order chi connectivity index (χ1) is 7.35. The summed E-state index contributed by atoms with van der Waals surface area (Å²) in [5.41, 5.74) is 1.81. The molecule has 0 aliphatic heterocycles. The normalized spacial score (nSPS) is 9.87. The predicted molar refractivity (Wildman–Crippen MR) is 57.7 cm³/mol. The van der Waals surface area contributed by atoms with Crippen molar-refractivity contribution in [2.75, 3.05) is 6.26 Å². The van der Waals surface area contributed by atoms with Gasteiger partial charge in [-0.15, -0.1) is 0 Å². The number of rotatable bonds is 2. The Morgan fingerprint density at radius 1 is 1.53 bits per heavy atom. The highest BCUT2D eigenvalue weighted by molar-refractivity contribution is 7.98. The first-order valence-electron chi connectivity index (χ1n) is 4.13. The van der Waals surface area contributed by atoms with Crippen molar-refractivity contribution >= 4 is 17.4 Å². The van der Waals surface area contributed by atoms with E-state index in [-0.39, 0.29) is 0 Å². The lowest BCUT2D eigenvalue weighted by Gasteiger charge is -1.99. The highest BCUT2D eigenvalue weighted by Gasteiger charge is 2.09. The number of aromatic nitrogens is 4. The summed E-state index contributed by atoms with van der Waals surface area (Å²) in [4.78, 5) is 11.7. The molecule has 0 fully saturated rings. The lowest BCUT2D eigenvalue weighted by atomic mass is 10.3. The van der Waals surface area contributed by atoms with Gasteiger partial charge in [-0.05, 0) is 12.3 Å². The maximum absolute atomic E-state index is 6.97. The Balaban J connectivity index is 2.50. The minimum atomic E-state index is 0.473. The van der Waals surface area contributed by atoms with Gasteiger partial charge >= 0.3 is 0 Å². The molecule has 15 heavy (non-hydrogen) atoms. The van der Waals surface area contributed by atoms with E-state index < -0.39 is 0 Å². The van der Waals surface area contributed by atoms with E-state index in [0.29, 0.717) is 22.2 Å². The molecule has 0 amide bonds. The van der Waals surface area contributed by atoms with Gasteiger partial charge in [0.25, 0.3) is 0 Å². The zero-order chi connectivity index (χ0) is 10.7. The summed E-state index contributed by atoms with van der Waals surface area (Å²) in [6.07, 6.45) is 5.06. The maximum atomic E-state index is 6.97. The second kappa shape index (κ2) is 4.11. The van der Waals surface area contributed by atoms with Crippen LogP contribution in [0.4, 0.5) is 5.69 Å². The van der Waals surface area contributed by atoms with Gasteiger partial charge in [0.1, 0.15) is 0 Å². The van der Waals surface area contributed by atoms with Crippen LogP contribution in [-0.4, -0.2) is 26.4 Å². The summed E-state index contributed by atoms with van der Waals surface area (Å²) < 4.78 is 0. The Morgan fingerprint density at radius 2 is 2.40 bits per heavy atom. The van der Waals surface area contributed by atoms with E-state index in [1.54, 1.807) is 12.3 Å². The molecule has 1 N–H and O–H groups in total. The Labute approximate surface area is 90.8 Å². The maximum Gasteiger partial charge on any atom is 0.233 e. The van der Waals surface area contributed by atoms with Crippen LogP contribution in [0, 0.1) is 6.57 Å². The summed E-state index contributed by atoms with van der Waals surface area (Å²) in [7, 11) is 0. The Morgan fingerprint density at radius 3 is 3.13 bits per heavy atom. The van der Waals surface area contributed by atoms with E-state index in [2.05, 4.69) is 25.0 Å². The van der Waals surface area contributed by atoms with Crippen molar-refractivity contribution in [1.82, 2.24) is 20.2 Å². The van der Waals surface area contributed by atoms with Gasteiger partial charge in [-0.1, -0.05) is 11.8 Å². The predicted octanol–water partition coefficient (Wildman–Crippen LogP) is 2.14. The zero-order valence-corrected chi connectivity index (χ0v) is 8.75. The van der Waals surface area contributed by atoms with Gasteiger partial charge in [-0.3, -0.25) is 5.10 Å². The molecule has 0 saturated carbocycles. The van der Waals surface area contributed by atoms with E-state index in [1.165, 1.54) is 18.0 Å². The third kappa shape index (κ3) is 1.82. The van der Waals surface area contributed by atoms with Gasteiger partial charge in [0.2, 0.25) is 5.69 Å². The summed E-state index contributed by atoms with van der Waals surface area (Å²) in [6, 6.07) is 1.75. The van der Waals surface area contributed by atoms with Crippen molar-refractivity contribution in [1.29, 1.82) is 0 Å². The van der Waals surface area contributed by atoms with Crippen molar-refractivity contribution in [2.45, 2.75) is 5.16 Å². The van der Waals surface area contributed by atoms with Gasteiger partial charge < -0.3 is 0 Å². The minimum Gasteiger partial charge on any atom is -0.288 e. The molecule has 0 aromatic carbocycles.